The number of nitrogens with one attached hydrogen (secondary N) is 1. The lowest BCUT2D eigenvalue weighted by Crippen LogP contribution is -2.32. The van der Waals surface area contributed by atoms with Gasteiger partial charge in [0, 0.05) is 25.3 Å². The molecule has 45 heavy (non-hydrogen) atoms. The number of anilines is 1. The Morgan fingerprint density at radius 2 is 1.62 bits per heavy atom. The van der Waals surface area contributed by atoms with Gasteiger partial charge in [-0.25, -0.2) is 4.68 Å². The van der Waals surface area contributed by atoms with Crippen molar-refractivity contribution in [2.45, 2.75) is 32.9 Å². The maximum atomic E-state index is 12.9. The fraction of sp³-hybridized carbons (Fsp3) is 0.250. The molecule has 0 saturated heterocycles. The van der Waals surface area contributed by atoms with Crippen molar-refractivity contribution in [3.8, 4) is 22.9 Å². The lowest BCUT2D eigenvalue weighted by Gasteiger charge is -2.29. The van der Waals surface area contributed by atoms with Crippen LogP contribution in [-0.2, 0) is 26.0 Å². The monoisotopic (exact) mass is 603 g/mol. The van der Waals surface area contributed by atoms with Crippen LogP contribution in [0, 0.1) is 6.92 Å². The van der Waals surface area contributed by atoms with Crippen molar-refractivity contribution in [1.29, 1.82) is 0 Å². The van der Waals surface area contributed by atoms with Crippen molar-refractivity contribution in [2.75, 3.05) is 32.6 Å². The number of aromatic nitrogens is 3. The molecule has 0 bridgehead atoms. The summed E-state index contributed by atoms with van der Waals surface area (Å²) in [5, 5.41) is 11.5. The number of hydrogen-bond acceptors (Lipinski definition) is 7. The van der Waals surface area contributed by atoms with E-state index in [1.54, 1.807) is 31.0 Å². The van der Waals surface area contributed by atoms with Crippen LogP contribution in [0.3, 0.4) is 0 Å². The van der Waals surface area contributed by atoms with Crippen molar-refractivity contribution in [2.24, 2.45) is 0 Å². The Labute approximate surface area is 263 Å². The van der Waals surface area contributed by atoms with Crippen LogP contribution in [0.5, 0.6) is 17.2 Å². The van der Waals surface area contributed by atoms with Crippen molar-refractivity contribution in [1.82, 2.24) is 19.9 Å². The van der Waals surface area contributed by atoms with E-state index in [4.69, 9.17) is 14.2 Å². The summed E-state index contributed by atoms with van der Waals surface area (Å²) in [6.45, 7) is 5.09. The molecular formula is C36H37N5O4. The zero-order valence-electron chi connectivity index (χ0n) is 25.8. The molecule has 1 aromatic heterocycles. The molecule has 1 N–H and O–H groups in total. The second-order valence-electron chi connectivity index (χ2n) is 11.2. The Morgan fingerprint density at radius 1 is 0.889 bits per heavy atom. The number of methoxy groups -OCH3 is 2. The van der Waals surface area contributed by atoms with Gasteiger partial charge < -0.3 is 19.5 Å². The highest BCUT2D eigenvalue weighted by Gasteiger charge is 2.19. The number of benzene rings is 4. The number of carbonyl (C=O) groups is 1. The van der Waals surface area contributed by atoms with Crippen LogP contribution >= 0.6 is 0 Å². The smallest absolute Gasteiger partial charge is 0.259 e. The van der Waals surface area contributed by atoms with Crippen LogP contribution in [0.4, 0.5) is 5.69 Å². The molecule has 1 aliphatic heterocycles. The number of nitrogens with zero attached hydrogens (tertiary/aromatic N) is 4. The number of carbonyl (C=O) groups excluding carboxylic acids is 1. The highest BCUT2D eigenvalue weighted by molar-refractivity contribution is 6.06. The third-order valence-electron chi connectivity index (χ3n) is 8.07. The molecule has 0 atom stereocenters. The van der Waals surface area contributed by atoms with E-state index >= 15 is 0 Å². The molecule has 0 saturated carbocycles. The second kappa shape index (κ2) is 13.7. The highest BCUT2D eigenvalue weighted by atomic mass is 16.5. The number of rotatable bonds is 11. The molecule has 2 heterocycles. The zero-order valence-corrected chi connectivity index (χ0v) is 25.8. The maximum absolute atomic E-state index is 12.9. The average molecular weight is 604 g/mol. The van der Waals surface area contributed by atoms with Gasteiger partial charge in [-0.3, -0.25) is 9.69 Å². The minimum atomic E-state index is -0.232. The molecule has 0 spiro atoms. The van der Waals surface area contributed by atoms with E-state index in [-0.39, 0.29) is 12.5 Å². The van der Waals surface area contributed by atoms with Gasteiger partial charge >= 0.3 is 0 Å². The van der Waals surface area contributed by atoms with Gasteiger partial charge in [-0.15, -0.1) is 5.10 Å². The Morgan fingerprint density at radius 3 is 2.38 bits per heavy atom. The molecule has 0 aliphatic carbocycles. The summed E-state index contributed by atoms with van der Waals surface area (Å²) < 4.78 is 18.7. The maximum Gasteiger partial charge on any atom is 0.259 e. The summed E-state index contributed by atoms with van der Waals surface area (Å²) >= 11 is 0. The fourth-order valence-corrected chi connectivity index (χ4v) is 5.49. The quantitative estimate of drug-likeness (QED) is 0.197. The van der Waals surface area contributed by atoms with Crippen LogP contribution in [-0.4, -0.2) is 53.1 Å². The number of hydrogen-bond donors (Lipinski definition) is 1. The molecule has 9 heteroatoms. The molecule has 6 rings (SSSR count). The van der Waals surface area contributed by atoms with Crippen LogP contribution in [0.15, 0.2) is 91.1 Å². The van der Waals surface area contributed by atoms with Gasteiger partial charge in [-0.05, 0) is 85.0 Å². The average Bonchev–Trinajstić information content (AvgIpc) is 3.56. The third-order valence-corrected chi connectivity index (χ3v) is 8.07. The lowest BCUT2D eigenvalue weighted by molar-refractivity contribution is 0.102. The van der Waals surface area contributed by atoms with E-state index < -0.39 is 0 Å². The molecule has 4 aromatic carbocycles. The Hall–Kier alpha value is -5.15. The van der Waals surface area contributed by atoms with Gasteiger partial charge in [0.25, 0.3) is 5.91 Å². The number of para-hydroxylation sites is 1. The molecule has 1 amide bonds. The first-order valence-corrected chi connectivity index (χ1v) is 15.1. The van der Waals surface area contributed by atoms with E-state index in [0.29, 0.717) is 17.0 Å². The SMILES string of the molecule is COc1cc2c(cc1OC)CN(CCc1ccc(-n3cc(COc4ccccc4C(=O)Nc4ccc(C)cc4)nn3)cc1)CC2. The summed E-state index contributed by atoms with van der Waals surface area (Å²) in [4.78, 5) is 15.4. The summed E-state index contributed by atoms with van der Waals surface area (Å²) in [6, 6.07) is 27.5. The summed E-state index contributed by atoms with van der Waals surface area (Å²) in [6.07, 6.45) is 3.80. The molecule has 5 aromatic rings. The van der Waals surface area contributed by atoms with Gasteiger partial charge in [0.15, 0.2) is 11.5 Å². The van der Waals surface area contributed by atoms with Crippen LogP contribution in [0.1, 0.15) is 38.3 Å². The summed E-state index contributed by atoms with van der Waals surface area (Å²) in [5.41, 5.74) is 7.79. The van der Waals surface area contributed by atoms with Crippen molar-refractivity contribution >= 4 is 11.6 Å². The second-order valence-corrected chi connectivity index (χ2v) is 11.2. The summed E-state index contributed by atoms with van der Waals surface area (Å²) in [7, 11) is 3.36. The van der Waals surface area contributed by atoms with E-state index in [2.05, 4.69) is 56.9 Å². The van der Waals surface area contributed by atoms with Crippen molar-refractivity contribution in [3.63, 3.8) is 0 Å². The van der Waals surface area contributed by atoms with E-state index in [9.17, 15) is 4.79 Å². The van der Waals surface area contributed by atoms with Gasteiger partial charge in [-0.2, -0.15) is 0 Å². The standard InChI is InChI=1S/C36H37N5O4/c1-25-8-12-29(13-9-25)37-36(42)32-6-4-5-7-33(32)45-24-30-23-41(39-38-30)31-14-10-26(11-15-31)16-18-40-19-17-27-20-34(43-2)35(44-3)21-28(27)22-40/h4-15,20-21,23H,16-19,22,24H2,1-3H3,(H,37,42). The highest BCUT2D eigenvalue weighted by Crippen LogP contribution is 2.33. The molecule has 9 nitrogen and oxygen atoms in total. The first-order valence-electron chi connectivity index (χ1n) is 15.1. The molecular weight excluding hydrogens is 566 g/mol. The molecule has 1 aliphatic rings. The predicted molar refractivity (Wildman–Crippen MR) is 173 cm³/mol. The number of aryl methyl sites for hydroxylation is 1. The normalized spacial score (nSPS) is 12.8. The number of fused-ring (bicyclic) bond motifs is 1. The number of amides is 1. The van der Waals surface area contributed by atoms with E-state index in [1.165, 1.54) is 16.7 Å². The van der Waals surface area contributed by atoms with Gasteiger partial charge in [-0.1, -0.05) is 47.2 Å². The van der Waals surface area contributed by atoms with E-state index in [1.807, 2.05) is 49.5 Å². The fourth-order valence-electron chi connectivity index (χ4n) is 5.49. The van der Waals surface area contributed by atoms with Gasteiger partial charge in [0.05, 0.1) is 31.7 Å². The van der Waals surface area contributed by atoms with Crippen LogP contribution < -0.4 is 19.5 Å². The molecule has 0 radical (unpaired) electrons. The minimum absolute atomic E-state index is 0.185. The van der Waals surface area contributed by atoms with Gasteiger partial charge in [0.1, 0.15) is 18.1 Å². The Kier molecular flexibility index (Phi) is 9.07. The molecule has 0 unspecified atom stereocenters. The van der Waals surface area contributed by atoms with Crippen molar-refractivity contribution in [3.05, 3.63) is 125 Å². The lowest BCUT2D eigenvalue weighted by atomic mass is 9.98. The minimum Gasteiger partial charge on any atom is -0.493 e. The third kappa shape index (κ3) is 7.16. The Bertz CT molecular complexity index is 1770. The van der Waals surface area contributed by atoms with Crippen LogP contribution in [0.2, 0.25) is 0 Å². The zero-order chi connectivity index (χ0) is 31.2. The van der Waals surface area contributed by atoms with E-state index in [0.717, 1.165) is 60.9 Å². The largest absolute Gasteiger partial charge is 0.493 e. The topological polar surface area (TPSA) is 90.7 Å². The first kappa shape index (κ1) is 29.9. The van der Waals surface area contributed by atoms with Crippen molar-refractivity contribution < 1.29 is 19.0 Å². The molecule has 230 valence electrons. The predicted octanol–water partition coefficient (Wildman–Crippen LogP) is 6.03. The first-order chi connectivity index (χ1) is 22.0. The Balaban J connectivity index is 1.02. The van der Waals surface area contributed by atoms with Gasteiger partial charge in [0.2, 0.25) is 0 Å². The van der Waals surface area contributed by atoms with Crippen LogP contribution in [0.25, 0.3) is 5.69 Å². The summed E-state index contributed by atoms with van der Waals surface area (Å²) in [5.74, 6) is 1.82. The number of ether oxygens (including phenoxy) is 3. The molecule has 0 fully saturated rings.